The first kappa shape index (κ1) is 18.5. The smallest absolute Gasteiger partial charge is 0.237 e. The molecule has 4 rings (SSSR count). The van der Waals surface area contributed by atoms with Crippen LogP contribution in [0.15, 0.2) is 53.1 Å². The fourth-order valence-electron chi connectivity index (χ4n) is 3.70. The van der Waals surface area contributed by atoms with Crippen LogP contribution in [-0.4, -0.2) is 37.6 Å². The van der Waals surface area contributed by atoms with Crippen LogP contribution in [0.5, 0.6) is 11.5 Å². The van der Waals surface area contributed by atoms with Gasteiger partial charge in [-0.3, -0.25) is 0 Å². The molecular formula is C22H24N2O4. The molecule has 1 aromatic heterocycles. The van der Waals surface area contributed by atoms with Gasteiger partial charge in [0.25, 0.3) is 0 Å². The molecule has 0 spiro atoms. The molecule has 0 saturated carbocycles. The van der Waals surface area contributed by atoms with Crippen LogP contribution >= 0.6 is 0 Å². The third-order valence-electron chi connectivity index (χ3n) is 5.39. The Morgan fingerprint density at radius 2 is 1.50 bits per heavy atom. The molecule has 6 heteroatoms. The highest BCUT2D eigenvalue weighted by Crippen LogP contribution is 2.41. The predicted octanol–water partition coefficient (Wildman–Crippen LogP) is 3.77. The Morgan fingerprint density at radius 1 is 0.893 bits per heavy atom. The van der Waals surface area contributed by atoms with Gasteiger partial charge in [-0.15, -0.1) is 0 Å². The molecule has 0 N–H and O–H groups in total. The molecule has 0 atom stereocenters. The highest BCUT2D eigenvalue weighted by Gasteiger charge is 2.41. The SMILES string of the molecule is COc1ccc(Cc2noc(C3(c4ccc(OC)cc4)CCOCC3)n2)cc1. The first-order chi connectivity index (χ1) is 13.7. The number of ether oxygens (including phenoxy) is 3. The van der Waals surface area contributed by atoms with Gasteiger partial charge in [-0.1, -0.05) is 29.4 Å². The molecule has 28 heavy (non-hydrogen) atoms. The molecule has 1 aliphatic heterocycles. The van der Waals surface area contributed by atoms with Crippen molar-refractivity contribution in [1.29, 1.82) is 0 Å². The second-order valence-electron chi connectivity index (χ2n) is 6.96. The zero-order valence-corrected chi connectivity index (χ0v) is 16.2. The fraction of sp³-hybridized carbons (Fsp3) is 0.364. The van der Waals surface area contributed by atoms with Crippen molar-refractivity contribution in [3.63, 3.8) is 0 Å². The Bertz CT molecular complexity index is 897. The standard InChI is InChI=1S/C22H24N2O4/c1-25-18-7-3-16(4-8-18)15-20-23-21(28-24-20)22(11-13-27-14-12-22)17-5-9-19(26-2)10-6-17/h3-10H,11-15H2,1-2H3. The van der Waals surface area contributed by atoms with Crippen LogP contribution in [0.2, 0.25) is 0 Å². The van der Waals surface area contributed by atoms with Crippen molar-refractivity contribution >= 4 is 0 Å². The van der Waals surface area contributed by atoms with Crippen LogP contribution in [0.3, 0.4) is 0 Å². The molecule has 0 amide bonds. The average molecular weight is 380 g/mol. The Morgan fingerprint density at radius 3 is 2.11 bits per heavy atom. The summed E-state index contributed by atoms with van der Waals surface area (Å²) in [6.45, 7) is 1.34. The fourth-order valence-corrected chi connectivity index (χ4v) is 3.70. The minimum atomic E-state index is -0.324. The number of methoxy groups -OCH3 is 2. The van der Waals surface area contributed by atoms with Crippen molar-refractivity contribution in [1.82, 2.24) is 10.1 Å². The topological polar surface area (TPSA) is 66.6 Å². The van der Waals surface area contributed by atoms with Gasteiger partial charge in [0, 0.05) is 19.6 Å². The number of aromatic nitrogens is 2. The van der Waals surface area contributed by atoms with E-state index in [-0.39, 0.29) is 5.41 Å². The first-order valence-electron chi connectivity index (χ1n) is 9.42. The number of hydrogen-bond donors (Lipinski definition) is 0. The Kier molecular flexibility index (Phi) is 5.30. The lowest BCUT2D eigenvalue weighted by atomic mass is 9.74. The molecule has 6 nitrogen and oxygen atoms in total. The largest absolute Gasteiger partial charge is 0.497 e. The summed E-state index contributed by atoms with van der Waals surface area (Å²) in [4.78, 5) is 4.77. The van der Waals surface area contributed by atoms with Crippen molar-refractivity contribution < 1.29 is 18.7 Å². The van der Waals surface area contributed by atoms with Crippen LogP contribution < -0.4 is 9.47 Å². The van der Waals surface area contributed by atoms with E-state index < -0.39 is 0 Å². The van der Waals surface area contributed by atoms with Crippen molar-refractivity contribution in [2.75, 3.05) is 27.4 Å². The van der Waals surface area contributed by atoms with Crippen LogP contribution in [0.4, 0.5) is 0 Å². The molecule has 3 aromatic rings. The quantitative estimate of drug-likeness (QED) is 0.648. The van der Waals surface area contributed by atoms with E-state index in [4.69, 9.17) is 23.7 Å². The maximum absolute atomic E-state index is 5.76. The Hall–Kier alpha value is -2.86. The van der Waals surface area contributed by atoms with Crippen molar-refractivity contribution in [2.24, 2.45) is 0 Å². The monoisotopic (exact) mass is 380 g/mol. The minimum Gasteiger partial charge on any atom is -0.497 e. The lowest BCUT2D eigenvalue weighted by Crippen LogP contribution is -2.35. The van der Waals surface area contributed by atoms with Crippen molar-refractivity contribution in [3.05, 3.63) is 71.4 Å². The Labute approximate surface area is 164 Å². The number of hydrogen-bond acceptors (Lipinski definition) is 6. The summed E-state index contributed by atoms with van der Waals surface area (Å²) in [6, 6.07) is 16.0. The van der Waals surface area contributed by atoms with Gasteiger partial charge in [0.1, 0.15) is 11.5 Å². The first-order valence-corrected chi connectivity index (χ1v) is 9.42. The van der Waals surface area contributed by atoms with Gasteiger partial charge in [-0.05, 0) is 48.2 Å². The number of nitrogens with zero attached hydrogens (tertiary/aromatic N) is 2. The summed E-state index contributed by atoms with van der Waals surface area (Å²) in [6.07, 6.45) is 2.23. The minimum absolute atomic E-state index is 0.324. The van der Waals surface area contributed by atoms with E-state index in [0.717, 1.165) is 35.5 Å². The summed E-state index contributed by atoms with van der Waals surface area (Å²) in [5.74, 6) is 3.00. The summed E-state index contributed by atoms with van der Waals surface area (Å²) < 4.78 is 21.9. The van der Waals surface area contributed by atoms with Crippen LogP contribution in [-0.2, 0) is 16.6 Å². The van der Waals surface area contributed by atoms with E-state index in [1.807, 2.05) is 36.4 Å². The van der Waals surface area contributed by atoms with E-state index in [1.54, 1.807) is 14.2 Å². The second-order valence-corrected chi connectivity index (χ2v) is 6.96. The second kappa shape index (κ2) is 8.02. The summed E-state index contributed by atoms with van der Waals surface area (Å²) in [7, 11) is 3.33. The molecule has 0 radical (unpaired) electrons. The maximum Gasteiger partial charge on any atom is 0.237 e. The summed E-state index contributed by atoms with van der Waals surface area (Å²) in [5, 5.41) is 4.25. The highest BCUT2D eigenvalue weighted by molar-refractivity contribution is 5.37. The van der Waals surface area contributed by atoms with Gasteiger partial charge in [0.15, 0.2) is 5.82 Å². The normalized spacial score (nSPS) is 15.9. The van der Waals surface area contributed by atoms with E-state index in [2.05, 4.69) is 17.3 Å². The zero-order chi connectivity index (χ0) is 19.4. The lowest BCUT2D eigenvalue weighted by molar-refractivity contribution is 0.0523. The van der Waals surface area contributed by atoms with E-state index >= 15 is 0 Å². The molecule has 0 aliphatic carbocycles. The lowest BCUT2D eigenvalue weighted by Gasteiger charge is -2.34. The maximum atomic E-state index is 5.76. The molecule has 0 unspecified atom stereocenters. The summed E-state index contributed by atoms with van der Waals surface area (Å²) in [5.41, 5.74) is 1.94. The molecule has 0 bridgehead atoms. The van der Waals surface area contributed by atoms with Gasteiger partial charge >= 0.3 is 0 Å². The summed E-state index contributed by atoms with van der Waals surface area (Å²) >= 11 is 0. The molecular weight excluding hydrogens is 356 g/mol. The predicted molar refractivity (Wildman–Crippen MR) is 104 cm³/mol. The van der Waals surface area contributed by atoms with Gasteiger partial charge in [-0.25, -0.2) is 0 Å². The third-order valence-corrected chi connectivity index (χ3v) is 5.39. The molecule has 2 heterocycles. The van der Waals surface area contributed by atoms with Gasteiger partial charge in [0.05, 0.1) is 19.6 Å². The van der Waals surface area contributed by atoms with E-state index in [9.17, 15) is 0 Å². The van der Waals surface area contributed by atoms with Crippen LogP contribution in [0.1, 0.15) is 35.7 Å². The zero-order valence-electron chi connectivity index (χ0n) is 16.2. The number of benzene rings is 2. The van der Waals surface area contributed by atoms with Gasteiger partial charge in [-0.2, -0.15) is 4.98 Å². The molecule has 1 fully saturated rings. The molecule has 1 aliphatic rings. The van der Waals surface area contributed by atoms with Crippen molar-refractivity contribution in [3.8, 4) is 11.5 Å². The van der Waals surface area contributed by atoms with E-state index in [0.29, 0.717) is 31.3 Å². The van der Waals surface area contributed by atoms with E-state index in [1.165, 1.54) is 0 Å². The third kappa shape index (κ3) is 3.60. The van der Waals surface area contributed by atoms with Gasteiger partial charge in [0.2, 0.25) is 5.89 Å². The molecule has 2 aromatic carbocycles. The average Bonchev–Trinajstić information content (AvgIpc) is 3.24. The van der Waals surface area contributed by atoms with Gasteiger partial charge < -0.3 is 18.7 Å². The van der Waals surface area contributed by atoms with Crippen LogP contribution in [0.25, 0.3) is 0 Å². The molecule has 1 saturated heterocycles. The highest BCUT2D eigenvalue weighted by atomic mass is 16.5. The van der Waals surface area contributed by atoms with Crippen LogP contribution in [0, 0.1) is 0 Å². The Balaban J connectivity index is 1.62. The van der Waals surface area contributed by atoms with Crippen molar-refractivity contribution in [2.45, 2.75) is 24.7 Å². The molecule has 146 valence electrons. The number of rotatable bonds is 6.